The van der Waals surface area contributed by atoms with Crippen LogP contribution in [0.3, 0.4) is 0 Å². The van der Waals surface area contributed by atoms with Gasteiger partial charge in [-0.1, -0.05) is 0 Å². The molecule has 2 saturated heterocycles. The molecule has 0 aliphatic carbocycles. The van der Waals surface area contributed by atoms with Crippen molar-refractivity contribution in [2.45, 2.75) is 31.5 Å². The molecule has 0 bridgehead atoms. The van der Waals surface area contributed by atoms with Crippen LogP contribution in [0.25, 0.3) is 0 Å². The molecule has 2 rings (SSSR count). The summed E-state index contributed by atoms with van der Waals surface area (Å²) in [4.78, 5) is 46.4. The van der Waals surface area contributed by atoms with E-state index in [0.29, 0.717) is 0 Å². The summed E-state index contributed by atoms with van der Waals surface area (Å²) < 4.78 is 4.70. The van der Waals surface area contributed by atoms with E-state index >= 15 is 0 Å². The maximum absolute atomic E-state index is 11.8. The van der Waals surface area contributed by atoms with Crippen LogP contribution in [0.15, 0.2) is 0 Å². The van der Waals surface area contributed by atoms with Crippen molar-refractivity contribution in [2.24, 2.45) is 0 Å². The van der Waals surface area contributed by atoms with Gasteiger partial charge in [0.1, 0.15) is 6.04 Å². The van der Waals surface area contributed by atoms with Gasteiger partial charge in [0.05, 0.1) is 19.2 Å². The fourth-order valence-electron chi connectivity index (χ4n) is 2.46. The highest BCUT2D eigenvalue weighted by atomic mass is 16.5. The average molecular weight is 270 g/mol. The molecule has 2 aliphatic rings. The summed E-state index contributed by atoms with van der Waals surface area (Å²) in [6.45, 7) is 1.77. The highest BCUT2D eigenvalue weighted by molar-refractivity contribution is 6.11. The van der Waals surface area contributed by atoms with Gasteiger partial charge < -0.3 is 14.7 Å². The SMILES string of the molecule is CCOC(=O)CNC1C(=O)N2C(C(=O)O)C(=O)CC12. The molecule has 2 heterocycles. The molecule has 0 radical (unpaired) electrons. The Kier molecular flexibility index (Phi) is 3.52. The number of carbonyl (C=O) groups is 4. The molecule has 2 N–H and O–H groups in total. The van der Waals surface area contributed by atoms with E-state index in [9.17, 15) is 19.2 Å². The third kappa shape index (κ3) is 2.19. The first-order valence-corrected chi connectivity index (χ1v) is 5.94. The molecule has 0 saturated carbocycles. The highest BCUT2D eigenvalue weighted by Gasteiger charge is 2.59. The molecule has 104 valence electrons. The summed E-state index contributed by atoms with van der Waals surface area (Å²) in [6, 6.07) is -2.54. The van der Waals surface area contributed by atoms with Gasteiger partial charge in [0.25, 0.3) is 0 Å². The van der Waals surface area contributed by atoms with E-state index in [1.807, 2.05) is 0 Å². The minimum atomic E-state index is -1.38. The number of carboxylic acids is 1. The standard InChI is InChI=1S/C11H14N2O6/c1-2-19-7(15)4-12-8-5-3-6(14)9(11(17)18)13(5)10(8)16/h5,8-9,12H,2-4H2,1H3,(H,17,18). The fraction of sp³-hybridized carbons (Fsp3) is 0.636. The van der Waals surface area contributed by atoms with Crippen LogP contribution in [0.1, 0.15) is 13.3 Å². The number of hydrogen-bond acceptors (Lipinski definition) is 6. The van der Waals surface area contributed by atoms with Crippen LogP contribution in [0, 0.1) is 0 Å². The van der Waals surface area contributed by atoms with Gasteiger partial charge in [-0.3, -0.25) is 19.7 Å². The summed E-state index contributed by atoms with van der Waals surface area (Å²) >= 11 is 0. The smallest absolute Gasteiger partial charge is 0.334 e. The van der Waals surface area contributed by atoms with Crippen molar-refractivity contribution in [1.82, 2.24) is 10.2 Å². The number of nitrogens with one attached hydrogen (secondary N) is 1. The molecule has 8 heteroatoms. The maximum Gasteiger partial charge on any atom is 0.334 e. The Bertz CT molecular complexity index is 448. The quantitative estimate of drug-likeness (QED) is 0.342. The van der Waals surface area contributed by atoms with E-state index in [1.165, 1.54) is 0 Å². The number of rotatable bonds is 5. The average Bonchev–Trinajstić information content (AvgIpc) is 2.64. The summed E-state index contributed by atoms with van der Waals surface area (Å²) in [5, 5.41) is 11.6. The number of nitrogens with zero attached hydrogens (tertiary/aromatic N) is 1. The monoisotopic (exact) mass is 270 g/mol. The molecule has 2 fully saturated rings. The second-order valence-electron chi connectivity index (χ2n) is 4.39. The van der Waals surface area contributed by atoms with Crippen LogP contribution >= 0.6 is 0 Å². The molecule has 2 aliphatic heterocycles. The van der Waals surface area contributed by atoms with E-state index in [4.69, 9.17) is 9.84 Å². The molecule has 1 amide bonds. The third-order valence-corrected chi connectivity index (χ3v) is 3.26. The molecule has 0 aromatic rings. The molecule has 8 nitrogen and oxygen atoms in total. The third-order valence-electron chi connectivity index (χ3n) is 3.26. The van der Waals surface area contributed by atoms with Crippen molar-refractivity contribution in [2.75, 3.05) is 13.2 Å². The van der Waals surface area contributed by atoms with Gasteiger partial charge >= 0.3 is 11.9 Å². The minimum Gasteiger partial charge on any atom is -0.479 e. The van der Waals surface area contributed by atoms with Gasteiger partial charge in [-0.05, 0) is 6.92 Å². The number of ether oxygens (including phenoxy) is 1. The van der Waals surface area contributed by atoms with E-state index in [2.05, 4.69) is 5.32 Å². The number of Topliss-reactive ketones (excluding diaryl/α,β-unsaturated/α-hetero) is 1. The largest absolute Gasteiger partial charge is 0.479 e. The topological polar surface area (TPSA) is 113 Å². The van der Waals surface area contributed by atoms with Crippen LogP contribution < -0.4 is 5.32 Å². The lowest BCUT2D eigenvalue weighted by Crippen LogP contribution is -2.70. The van der Waals surface area contributed by atoms with Gasteiger partial charge in [-0.15, -0.1) is 0 Å². The number of esters is 1. The molecule has 19 heavy (non-hydrogen) atoms. The molecular weight excluding hydrogens is 256 g/mol. The first kappa shape index (κ1) is 13.5. The predicted molar refractivity (Wildman–Crippen MR) is 60.1 cm³/mol. The second kappa shape index (κ2) is 4.96. The molecule has 3 atom stereocenters. The zero-order valence-corrected chi connectivity index (χ0v) is 10.3. The molecule has 3 unspecified atom stereocenters. The fourth-order valence-corrected chi connectivity index (χ4v) is 2.46. The number of hydrogen-bond donors (Lipinski definition) is 2. The van der Waals surface area contributed by atoms with Crippen LogP contribution in [0.2, 0.25) is 0 Å². The molecule has 0 aromatic heterocycles. The minimum absolute atomic E-state index is 0.00317. The van der Waals surface area contributed by atoms with Crippen molar-refractivity contribution < 1.29 is 29.0 Å². The van der Waals surface area contributed by atoms with Gasteiger partial charge in [-0.25, -0.2) is 4.79 Å². The Morgan fingerprint density at radius 3 is 2.74 bits per heavy atom. The Labute approximate surface area is 108 Å². The van der Waals surface area contributed by atoms with Crippen molar-refractivity contribution in [3.63, 3.8) is 0 Å². The van der Waals surface area contributed by atoms with Gasteiger partial charge in [-0.2, -0.15) is 0 Å². The van der Waals surface area contributed by atoms with Gasteiger partial charge in [0.2, 0.25) is 5.91 Å². The maximum atomic E-state index is 11.8. The first-order valence-electron chi connectivity index (χ1n) is 5.94. The number of carboxylic acid groups (broad SMARTS) is 1. The molecule has 0 spiro atoms. The van der Waals surface area contributed by atoms with Crippen molar-refractivity contribution in [1.29, 1.82) is 0 Å². The number of ketones is 1. The van der Waals surface area contributed by atoms with Crippen LogP contribution in [-0.2, 0) is 23.9 Å². The highest BCUT2D eigenvalue weighted by Crippen LogP contribution is 2.33. The van der Waals surface area contributed by atoms with E-state index < -0.39 is 41.8 Å². The van der Waals surface area contributed by atoms with Crippen molar-refractivity contribution >= 4 is 23.6 Å². The lowest BCUT2D eigenvalue weighted by atomic mass is 9.96. The Balaban J connectivity index is 1.94. The number of fused-ring (bicyclic) bond motifs is 1. The lowest BCUT2D eigenvalue weighted by Gasteiger charge is -2.43. The van der Waals surface area contributed by atoms with Crippen LogP contribution in [0.5, 0.6) is 0 Å². The summed E-state index contributed by atoms with van der Waals surface area (Å²) in [6.07, 6.45) is 0.00317. The van der Waals surface area contributed by atoms with E-state index in [0.717, 1.165) is 4.90 Å². The first-order chi connectivity index (χ1) is 8.97. The molecular formula is C11H14N2O6. The Morgan fingerprint density at radius 1 is 1.47 bits per heavy atom. The second-order valence-corrected chi connectivity index (χ2v) is 4.39. The van der Waals surface area contributed by atoms with Crippen molar-refractivity contribution in [3.8, 4) is 0 Å². The van der Waals surface area contributed by atoms with Gasteiger partial charge in [0.15, 0.2) is 11.8 Å². The van der Waals surface area contributed by atoms with Crippen LogP contribution in [0.4, 0.5) is 0 Å². The Morgan fingerprint density at radius 2 is 2.16 bits per heavy atom. The predicted octanol–water partition coefficient (Wildman–Crippen LogP) is -1.86. The number of carbonyl (C=O) groups excluding carboxylic acids is 3. The summed E-state index contributed by atoms with van der Waals surface area (Å²) in [5.41, 5.74) is 0. The lowest BCUT2D eigenvalue weighted by molar-refractivity contribution is -0.162. The van der Waals surface area contributed by atoms with E-state index in [-0.39, 0.29) is 19.6 Å². The zero-order chi connectivity index (χ0) is 14.2. The Hall–Kier alpha value is -1.96. The van der Waals surface area contributed by atoms with Crippen molar-refractivity contribution in [3.05, 3.63) is 0 Å². The number of β-lactam (4-membered cyclic amide) rings is 1. The van der Waals surface area contributed by atoms with E-state index in [1.54, 1.807) is 6.92 Å². The zero-order valence-electron chi connectivity index (χ0n) is 10.3. The summed E-state index contributed by atoms with van der Waals surface area (Å²) in [7, 11) is 0. The normalized spacial score (nSPS) is 28.9. The van der Waals surface area contributed by atoms with Crippen LogP contribution in [-0.4, -0.2) is 64.9 Å². The number of amides is 1. The number of aliphatic carboxylic acids is 1. The molecule has 0 aromatic carbocycles. The summed E-state index contributed by atoms with van der Waals surface area (Å²) in [5.74, 6) is -2.75. The van der Waals surface area contributed by atoms with Gasteiger partial charge in [0, 0.05) is 6.42 Å².